The molecule has 0 N–H and O–H groups in total. The van der Waals surface area contributed by atoms with Crippen LogP contribution < -0.4 is 11.2 Å². The molecule has 1 aromatic heterocycles. The third-order valence-corrected chi connectivity index (χ3v) is 5.18. The largest absolute Gasteiger partial charge is 0.378 e. The molecule has 1 amide bonds. The predicted molar refractivity (Wildman–Crippen MR) is 111 cm³/mol. The Morgan fingerprint density at radius 1 is 0.967 bits per heavy atom. The number of carbonyl (C=O) groups is 1. The molecule has 1 fully saturated rings. The molecule has 2 aromatic carbocycles. The first-order chi connectivity index (χ1) is 14.6. The first-order valence-corrected chi connectivity index (χ1v) is 9.81. The van der Waals surface area contributed by atoms with E-state index in [1.807, 2.05) is 36.4 Å². The number of nitrogens with zero attached hydrogens (tertiary/aromatic N) is 4. The van der Waals surface area contributed by atoms with E-state index in [-0.39, 0.29) is 5.69 Å². The van der Waals surface area contributed by atoms with E-state index in [1.54, 1.807) is 31.2 Å². The van der Waals surface area contributed by atoms with Gasteiger partial charge < -0.3 is 9.64 Å². The quantitative estimate of drug-likeness (QED) is 0.655. The SMILES string of the molecule is CC(c1ccccc1)n1c(=O)c(C(=O)N2CCOCC2)nn(-c2ccccc2)c1=O. The number of ether oxygens (including phenoxy) is 1. The third kappa shape index (κ3) is 3.69. The minimum Gasteiger partial charge on any atom is -0.378 e. The average molecular weight is 406 g/mol. The van der Waals surface area contributed by atoms with Crippen LogP contribution in [0.25, 0.3) is 5.69 Å². The maximum absolute atomic E-state index is 13.3. The van der Waals surface area contributed by atoms with E-state index in [9.17, 15) is 14.4 Å². The molecule has 0 radical (unpaired) electrons. The van der Waals surface area contributed by atoms with Gasteiger partial charge in [0, 0.05) is 13.1 Å². The predicted octanol–water partition coefficient (Wildman–Crippen LogP) is 1.48. The number of hydrogen-bond acceptors (Lipinski definition) is 5. The van der Waals surface area contributed by atoms with E-state index in [1.165, 1.54) is 4.90 Å². The van der Waals surface area contributed by atoms with Crippen molar-refractivity contribution < 1.29 is 9.53 Å². The summed E-state index contributed by atoms with van der Waals surface area (Å²) in [7, 11) is 0. The van der Waals surface area contributed by atoms with Gasteiger partial charge in [-0.25, -0.2) is 9.36 Å². The Bertz CT molecular complexity index is 1150. The van der Waals surface area contributed by atoms with Crippen LogP contribution in [0.2, 0.25) is 0 Å². The van der Waals surface area contributed by atoms with Crippen molar-refractivity contribution in [3.05, 3.63) is 92.8 Å². The molecule has 2 heterocycles. The van der Waals surface area contributed by atoms with Gasteiger partial charge in [0.1, 0.15) is 0 Å². The zero-order valence-corrected chi connectivity index (χ0v) is 16.6. The van der Waals surface area contributed by atoms with Crippen molar-refractivity contribution in [3.63, 3.8) is 0 Å². The molecule has 1 aliphatic rings. The molecule has 1 atom stereocenters. The summed E-state index contributed by atoms with van der Waals surface area (Å²) >= 11 is 0. The Labute approximate surface area is 172 Å². The standard InChI is InChI=1S/C22H22N4O4/c1-16(17-8-4-2-5-9-17)25-21(28)19(20(27)24-12-14-30-15-13-24)23-26(22(25)29)18-10-6-3-7-11-18/h2-11,16H,12-15H2,1H3. The van der Waals surface area contributed by atoms with Crippen LogP contribution in [-0.2, 0) is 4.74 Å². The van der Waals surface area contributed by atoms with Crippen molar-refractivity contribution in [3.8, 4) is 5.69 Å². The van der Waals surface area contributed by atoms with E-state index in [0.717, 1.165) is 14.8 Å². The highest BCUT2D eigenvalue weighted by Crippen LogP contribution is 2.14. The average Bonchev–Trinajstić information content (AvgIpc) is 2.80. The molecular weight excluding hydrogens is 384 g/mol. The van der Waals surface area contributed by atoms with Crippen molar-refractivity contribution in [2.75, 3.05) is 26.3 Å². The Morgan fingerprint density at radius 2 is 1.57 bits per heavy atom. The van der Waals surface area contributed by atoms with Crippen molar-refractivity contribution in [2.24, 2.45) is 0 Å². The summed E-state index contributed by atoms with van der Waals surface area (Å²) in [6.45, 7) is 3.31. The fourth-order valence-electron chi connectivity index (χ4n) is 3.50. The molecule has 0 spiro atoms. The van der Waals surface area contributed by atoms with Crippen LogP contribution in [-0.4, -0.2) is 51.5 Å². The van der Waals surface area contributed by atoms with E-state index in [4.69, 9.17) is 4.74 Å². The lowest BCUT2D eigenvalue weighted by molar-refractivity contribution is 0.0295. The fraction of sp³-hybridized carbons (Fsp3) is 0.273. The van der Waals surface area contributed by atoms with E-state index < -0.39 is 23.2 Å². The molecule has 4 rings (SSSR count). The summed E-state index contributed by atoms with van der Waals surface area (Å²) in [5, 5.41) is 4.19. The lowest BCUT2D eigenvalue weighted by Gasteiger charge is -2.26. The molecule has 0 aliphatic carbocycles. The van der Waals surface area contributed by atoms with Gasteiger partial charge in [0.15, 0.2) is 0 Å². The number of hydrogen-bond donors (Lipinski definition) is 0. The first-order valence-electron chi connectivity index (χ1n) is 9.81. The van der Waals surface area contributed by atoms with E-state index in [2.05, 4.69) is 5.10 Å². The second-order valence-electron chi connectivity index (χ2n) is 7.04. The topological polar surface area (TPSA) is 86.4 Å². The molecule has 0 bridgehead atoms. The number of rotatable bonds is 4. The molecular formula is C22H22N4O4. The molecule has 154 valence electrons. The van der Waals surface area contributed by atoms with Gasteiger partial charge in [-0.3, -0.25) is 9.59 Å². The second-order valence-corrected chi connectivity index (χ2v) is 7.04. The highest BCUT2D eigenvalue weighted by Gasteiger charge is 2.27. The molecule has 30 heavy (non-hydrogen) atoms. The Kier molecular flexibility index (Phi) is 5.58. The minimum absolute atomic E-state index is 0.275. The van der Waals surface area contributed by atoms with E-state index >= 15 is 0 Å². The lowest BCUT2D eigenvalue weighted by Crippen LogP contribution is -2.49. The number of morpholine rings is 1. The number of aromatic nitrogens is 3. The molecule has 1 saturated heterocycles. The number of para-hydroxylation sites is 1. The van der Waals surface area contributed by atoms with Gasteiger partial charge >= 0.3 is 5.69 Å². The van der Waals surface area contributed by atoms with Crippen molar-refractivity contribution >= 4 is 5.91 Å². The number of carbonyl (C=O) groups excluding carboxylic acids is 1. The fourth-order valence-corrected chi connectivity index (χ4v) is 3.50. The summed E-state index contributed by atoms with van der Waals surface area (Å²) < 4.78 is 7.51. The summed E-state index contributed by atoms with van der Waals surface area (Å²) in [6.07, 6.45) is 0. The third-order valence-electron chi connectivity index (χ3n) is 5.18. The van der Waals surface area contributed by atoms with Gasteiger partial charge in [-0.15, -0.1) is 0 Å². The second kappa shape index (κ2) is 8.46. The van der Waals surface area contributed by atoms with Crippen molar-refractivity contribution in [1.29, 1.82) is 0 Å². The van der Waals surface area contributed by atoms with Gasteiger partial charge in [-0.1, -0.05) is 48.5 Å². The van der Waals surface area contributed by atoms with Crippen LogP contribution in [0.15, 0.2) is 70.3 Å². The maximum Gasteiger partial charge on any atom is 0.352 e. The van der Waals surface area contributed by atoms with Gasteiger partial charge in [0.25, 0.3) is 11.5 Å². The first kappa shape index (κ1) is 19.8. The van der Waals surface area contributed by atoms with Crippen LogP contribution in [0.3, 0.4) is 0 Å². The molecule has 1 aliphatic heterocycles. The van der Waals surface area contributed by atoms with Gasteiger partial charge in [-0.2, -0.15) is 9.78 Å². The molecule has 1 unspecified atom stereocenters. The highest BCUT2D eigenvalue weighted by molar-refractivity contribution is 5.91. The van der Waals surface area contributed by atoms with Gasteiger partial charge in [-0.05, 0) is 24.6 Å². The summed E-state index contributed by atoms with van der Waals surface area (Å²) in [5.74, 6) is -0.498. The zero-order chi connectivity index (χ0) is 21.1. The lowest BCUT2D eigenvalue weighted by atomic mass is 10.1. The normalized spacial score (nSPS) is 15.0. The monoisotopic (exact) mass is 406 g/mol. The van der Waals surface area contributed by atoms with Crippen LogP contribution in [0.4, 0.5) is 0 Å². The Morgan fingerprint density at radius 3 is 2.20 bits per heavy atom. The minimum atomic E-state index is -0.694. The van der Waals surface area contributed by atoms with Gasteiger partial charge in [0.05, 0.1) is 24.9 Å². The molecule has 8 heteroatoms. The maximum atomic E-state index is 13.3. The van der Waals surface area contributed by atoms with Crippen molar-refractivity contribution in [1.82, 2.24) is 19.2 Å². The zero-order valence-electron chi connectivity index (χ0n) is 16.6. The Balaban J connectivity index is 1.91. The van der Waals surface area contributed by atoms with E-state index in [0.29, 0.717) is 32.0 Å². The summed E-state index contributed by atoms with van der Waals surface area (Å²) in [5.41, 5.74) is -0.302. The van der Waals surface area contributed by atoms with Crippen LogP contribution >= 0.6 is 0 Å². The molecule has 3 aromatic rings. The highest BCUT2D eigenvalue weighted by atomic mass is 16.5. The van der Waals surface area contributed by atoms with Crippen LogP contribution in [0, 0.1) is 0 Å². The molecule has 0 saturated carbocycles. The number of amides is 1. The van der Waals surface area contributed by atoms with Crippen molar-refractivity contribution in [2.45, 2.75) is 13.0 Å². The number of benzene rings is 2. The smallest absolute Gasteiger partial charge is 0.352 e. The van der Waals surface area contributed by atoms with Crippen LogP contribution in [0.1, 0.15) is 29.0 Å². The molecule has 8 nitrogen and oxygen atoms in total. The Hall–Kier alpha value is -3.52. The van der Waals surface area contributed by atoms with Crippen LogP contribution in [0.5, 0.6) is 0 Å². The van der Waals surface area contributed by atoms with Gasteiger partial charge in [0.2, 0.25) is 5.69 Å². The summed E-state index contributed by atoms with van der Waals surface area (Å²) in [4.78, 5) is 41.2. The summed E-state index contributed by atoms with van der Waals surface area (Å²) in [6, 6.07) is 17.4.